The van der Waals surface area contributed by atoms with Gasteiger partial charge in [-0.1, -0.05) is 6.42 Å². The number of carbonyl (C=O) groups is 3. The molecule has 0 spiro atoms. The number of rotatable bonds is 8. The Labute approximate surface area is 207 Å². The van der Waals surface area contributed by atoms with Crippen molar-refractivity contribution < 1.29 is 24.2 Å². The predicted octanol–water partition coefficient (Wildman–Crippen LogP) is 2.32. The number of carbonyl (C=O) groups excluding carboxylic acids is 2. The molecule has 1 aliphatic heterocycles. The number of carboxylic acids is 1. The minimum Gasteiger partial charge on any atom is -0.481 e. The summed E-state index contributed by atoms with van der Waals surface area (Å²) in [4.78, 5) is 47.5. The van der Waals surface area contributed by atoms with E-state index in [2.05, 4.69) is 15.3 Å². The van der Waals surface area contributed by atoms with Crippen molar-refractivity contribution in [2.75, 3.05) is 31.6 Å². The molecule has 188 valence electrons. The molecule has 11 heteroatoms. The van der Waals surface area contributed by atoms with Gasteiger partial charge in [0.2, 0.25) is 11.9 Å². The smallest absolute Gasteiger partial charge is 0.311 e. The van der Waals surface area contributed by atoms with Gasteiger partial charge in [-0.3, -0.25) is 14.4 Å². The van der Waals surface area contributed by atoms with Gasteiger partial charge in [-0.15, -0.1) is 0 Å². The zero-order chi connectivity index (χ0) is 25.3. The van der Waals surface area contributed by atoms with Crippen LogP contribution in [0.1, 0.15) is 42.1 Å². The zero-order valence-electron chi connectivity index (χ0n) is 19.7. The average Bonchev–Trinajstić information content (AvgIpc) is 3.26. The van der Waals surface area contributed by atoms with Gasteiger partial charge in [0.25, 0.3) is 5.91 Å². The third kappa shape index (κ3) is 4.37. The normalized spacial score (nSPS) is 17.8. The zero-order valence-corrected chi connectivity index (χ0v) is 19.7. The summed E-state index contributed by atoms with van der Waals surface area (Å²) in [7, 11) is 0. The summed E-state index contributed by atoms with van der Waals surface area (Å²) >= 11 is 0. The van der Waals surface area contributed by atoms with E-state index in [0.717, 1.165) is 11.8 Å². The Morgan fingerprint density at radius 2 is 1.86 bits per heavy atom. The number of fused-ring (bicyclic) bond motifs is 1. The molecule has 3 aromatic rings. The lowest BCUT2D eigenvalue weighted by Gasteiger charge is -2.44. The van der Waals surface area contributed by atoms with Crippen molar-refractivity contribution in [3.05, 3.63) is 48.3 Å². The minimum absolute atomic E-state index is 0.0378. The number of primary amides is 1. The van der Waals surface area contributed by atoms with Crippen LogP contribution in [0.2, 0.25) is 0 Å². The average molecular weight is 493 g/mol. The molecule has 3 heterocycles. The number of ether oxygens (including phenoxy) is 1. The summed E-state index contributed by atoms with van der Waals surface area (Å²) in [5, 5.41) is 13.9. The lowest BCUT2D eigenvalue weighted by Crippen LogP contribution is -2.46. The Bertz CT molecular complexity index is 1290. The van der Waals surface area contributed by atoms with Gasteiger partial charge in [-0.25, -0.2) is 4.98 Å². The number of morpholine rings is 1. The number of aromatic nitrogens is 3. The van der Waals surface area contributed by atoms with Crippen molar-refractivity contribution in [1.82, 2.24) is 19.4 Å². The SMILES string of the molecule is NC(=O)CC(n1ccc2cnc(Nc3ccc(C(=O)N4CCOCC4)cc3)nc21)C1(C(=O)O)CCC1. The fourth-order valence-electron chi connectivity index (χ4n) is 5.02. The lowest BCUT2D eigenvalue weighted by molar-refractivity contribution is -0.159. The van der Waals surface area contributed by atoms with Crippen molar-refractivity contribution in [3.63, 3.8) is 0 Å². The van der Waals surface area contributed by atoms with E-state index in [-0.39, 0.29) is 12.3 Å². The Morgan fingerprint density at radius 1 is 1.14 bits per heavy atom. The molecule has 2 aliphatic rings. The fourth-order valence-corrected chi connectivity index (χ4v) is 5.02. The van der Waals surface area contributed by atoms with Crippen LogP contribution in [-0.2, 0) is 14.3 Å². The van der Waals surface area contributed by atoms with E-state index in [1.165, 1.54) is 0 Å². The molecule has 2 aromatic heterocycles. The summed E-state index contributed by atoms with van der Waals surface area (Å²) in [6.07, 6.45) is 5.03. The van der Waals surface area contributed by atoms with E-state index in [9.17, 15) is 19.5 Å². The van der Waals surface area contributed by atoms with Crippen molar-refractivity contribution >= 4 is 40.5 Å². The molecule has 1 aromatic carbocycles. The first-order valence-corrected chi connectivity index (χ1v) is 12.0. The number of hydrogen-bond acceptors (Lipinski definition) is 7. The molecule has 1 saturated heterocycles. The highest BCUT2D eigenvalue weighted by Gasteiger charge is 2.52. The van der Waals surface area contributed by atoms with Gasteiger partial charge in [0.1, 0.15) is 5.65 Å². The summed E-state index contributed by atoms with van der Waals surface area (Å²) < 4.78 is 7.05. The Hall–Kier alpha value is -3.99. The highest BCUT2D eigenvalue weighted by Crippen LogP contribution is 2.51. The van der Waals surface area contributed by atoms with E-state index < -0.39 is 23.3 Å². The Balaban J connectivity index is 1.39. The third-order valence-electron chi connectivity index (χ3n) is 7.18. The number of carboxylic acid groups (broad SMARTS) is 1. The van der Waals surface area contributed by atoms with Crippen LogP contribution in [0.5, 0.6) is 0 Å². The number of benzene rings is 1. The molecule has 0 bridgehead atoms. The molecule has 1 saturated carbocycles. The molecule has 2 fully saturated rings. The van der Waals surface area contributed by atoms with E-state index in [1.807, 2.05) is 0 Å². The molecule has 1 unspecified atom stereocenters. The van der Waals surface area contributed by atoms with Crippen LogP contribution in [-0.4, -0.2) is 68.6 Å². The first kappa shape index (κ1) is 23.7. The number of amides is 2. The van der Waals surface area contributed by atoms with Gasteiger partial charge in [0.15, 0.2) is 0 Å². The second-order valence-electron chi connectivity index (χ2n) is 9.30. The Morgan fingerprint density at radius 3 is 2.47 bits per heavy atom. The number of nitrogens with one attached hydrogen (secondary N) is 1. The fraction of sp³-hybridized carbons (Fsp3) is 0.400. The van der Waals surface area contributed by atoms with Gasteiger partial charge >= 0.3 is 5.97 Å². The van der Waals surface area contributed by atoms with Crippen molar-refractivity contribution in [2.24, 2.45) is 11.1 Å². The van der Waals surface area contributed by atoms with Crippen LogP contribution >= 0.6 is 0 Å². The van der Waals surface area contributed by atoms with Crippen LogP contribution in [0.4, 0.5) is 11.6 Å². The predicted molar refractivity (Wildman–Crippen MR) is 131 cm³/mol. The van der Waals surface area contributed by atoms with Gasteiger partial charge in [-0.05, 0) is 43.2 Å². The maximum atomic E-state index is 12.7. The quantitative estimate of drug-likeness (QED) is 0.433. The number of nitrogens with two attached hydrogens (primary N) is 1. The molecule has 1 aliphatic carbocycles. The molecule has 1 atom stereocenters. The van der Waals surface area contributed by atoms with E-state index in [4.69, 9.17) is 10.5 Å². The number of anilines is 2. The van der Waals surface area contributed by atoms with Crippen LogP contribution in [0.3, 0.4) is 0 Å². The summed E-state index contributed by atoms with van der Waals surface area (Å²) in [5.74, 6) is -1.22. The van der Waals surface area contributed by atoms with Gasteiger partial charge in [0, 0.05) is 48.5 Å². The molecule has 4 N–H and O–H groups in total. The summed E-state index contributed by atoms with van der Waals surface area (Å²) in [6, 6.07) is 8.21. The Kier molecular flexibility index (Phi) is 6.31. The highest BCUT2D eigenvalue weighted by atomic mass is 16.5. The first-order valence-electron chi connectivity index (χ1n) is 12.0. The van der Waals surface area contributed by atoms with Crippen molar-refractivity contribution in [1.29, 1.82) is 0 Å². The number of aliphatic carboxylic acids is 1. The largest absolute Gasteiger partial charge is 0.481 e. The molecular weight excluding hydrogens is 464 g/mol. The molecule has 5 rings (SSSR count). The van der Waals surface area contributed by atoms with E-state index in [0.29, 0.717) is 62.0 Å². The number of hydrogen-bond donors (Lipinski definition) is 3. The van der Waals surface area contributed by atoms with Crippen LogP contribution in [0.15, 0.2) is 42.7 Å². The maximum absolute atomic E-state index is 12.7. The van der Waals surface area contributed by atoms with Gasteiger partial charge in [0.05, 0.1) is 24.7 Å². The molecule has 36 heavy (non-hydrogen) atoms. The minimum atomic E-state index is -1.05. The maximum Gasteiger partial charge on any atom is 0.311 e. The molecule has 0 radical (unpaired) electrons. The van der Waals surface area contributed by atoms with Crippen molar-refractivity contribution in [3.8, 4) is 0 Å². The van der Waals surface area contributed by atoms with Gasteiger partial charge < -0.3 is 30.4 Å². The van der Waals surface area contributed by atoms with Gasteiger partial charge in [-0.2, -0.15) is 4.98 Å². The van der Waals surface area contributed by atoms with Crippen molar-refractivity contribution in [2.45, 2.75) is 31.7 Å². The van der Waals surface area contributed by atoms with Crippen LogP contribution in [0, 0.1) is 5.41 Å². The molecule has 11 nitrogen and oxygen atoms in total. The highest BCUT2D eigenvalue weighted by molar-refractivity contribution is 5.94. The first-order chi connectivity index (χ1) is 17.4. The topological polar surface area (TPSA) is 153 Å². The number of nitrogens with zero attached hydrogens (tertiary/aromatic N) is 4. The van der Waals surface area contributed by atoms with E-state index >= 15 is 0 Å². The molecule has 2 amide bonds. The molecular formula is C25H28N6O5. The lowest BCUT2D eigenvalue weighted by atomic mass is 9.63. The third-order valence-corrected chi connectivity index (χ3v) is 7.18. The van der Waals surface area contributed by atoms with Crippen LogP contribution < -0.4 is 11.1 Å². The summed E-state index contributed by atoms with van der Waals surface area (Å²) in [5.41, 5.74) is 6.25. The van der Waals surface area contributed by atoms with E-state index in [1.54, 1.807) is 52.2 Å². The monoisotopic (exact) mass is 492 g/mol. The van der Waals surface area contributed by atoms with Crippen LogP contribution in [0.25, 0.3) is 11.0 Å². The summed E-state index contributed by atoms with van der Waals surface area (Å²) in [6.45, 7) is 2.24. The second kappa shape index (κ2) is 9.57. The second-order valence-corrected chi connectivity index (χ2v) is 9.30. The standard InChI is InChI=1S/C25H28N6O5/c26-20(32)14-19(25(23(34)35)7-1-8-25)31-9-6-17-15-27-24(29-21(17)31)28-18-4-2-16(3-5-18)22(33)30-10-12-36-13-11-30/h2-6,9,15,19H,1,7-8,10-14H2,(H2,26,32)(H,34,35)(H,27,28,29).